The van der Waals surface area contributed by atoms with Crippen LogP contribution in [0.1, 0.15) is 39.5 Å². The lowest BCUT2D eigenvalue weighted by molar-refractivity contribution is -0.121. The molecule has 0 aliphatic heterocycles. The molecule has 0 heterocycles. The lowest BCUT2D eigenvalue weighted by Gasteiger charge is -2.15. The third-order valence-corrected chi connectivity index (χ3v) is 3.31. The number of nitrogens with one attached hydrogen (secondary N) is 2. The van der Waals surface area contributed by atoms with E-state index in [-0.39, 0.29) is 5.91 Å². The first-order valence-corrected chi connectivity index (χ1v) is 6.21. The fraction of sp³-hybridized carbons (Fsp3) is 0.917. The molecule has 4 heteroatoms. The van der Waals surface area contributed by atoms with E-state index in [0.29, 0.717) is 24.7 Å². The van der Waals surface area contributed by atoms with Crippen LogP contribution in [0, 0.1) is 0 Å². The molecule has 3 atom stereocenters. The van der Waals surface area contributed by atoms with Crippen molar-refractivity contribution in [3.8, 4) is 0 Å². The highest BCUT2D eigenvalue weighted by Gasteiger charge is 2.25. The van der Waals surface area contributed by atoms with Gasteiger partial charge in [0.2, 0.25) is 5.91 Å². The van der Waals surface area contributed by atoms with E-state index in [4.69, 9.17) is 4.74 Å². The molecule has 1 saturated carbocycles. The fourth-order valence-electron chi connectivity index (χ4n) is 1.98. The molecule has 1 fully saturated rings. The molecular weight excluding hydrogens is 204 g/mol. The van der Waals surface area contributed by atoms with Gasteiger partial charge in [0, 0.05) is 19.2 Å². The van der Waals surface area contributed by atoms with Gasteiger partial charge in [0.15, 0.2) is 0 Å². The van der Waals surface area contributed by atoms with E-state index < -0.39 is 0 Å². The van der Waals surface area contributed by atoms with Gasteiger partial charge in [-0.2, -0.15) is 0 Å². The Hall–Kier alpha value is -0.610. The minimum atomic E-state index is 0.0991. The summed E-state index contributed by atoms with van der Waals surface area (Å²) >= 11 is 0. The number of hydrogen-bond donors (Lipinski definition) is 2. The van der Waals surface area contributed by atoms with Gasteiger partial charge in [0.25, 0.3) is 0 Å². The first-order valence-electron chi connectivity index (χ1n) is 6.21. The van der Waals surface area contributed by atoms with Crippen molar-refractivity contribution in [2.24, 2.45) is 0 Å². The smallest absolute Gasteiger partial charge is 0.234 e. The molecule has 2 N–H and O–H groups in total. The summed E-state index contributed by atoms with van der Waals surface area (Å²) in [4.78, 5) is 11.6. The Labute approximate surface area is 98.1 Å². The van der Waals surface area contributed by atoms with Crippen LogP contribution in [0.2, 0.25) is 0 Å². The van der Waals surface area contributed by atoms with Crippen molar-refractivity contribution in [1.29, 1.82) is 0 Å². The first kappa shape index (κ1) is 13.5. The number of ether oxygens (including phenoxy) is 1. The number of methoxy groups -OCH3 is 1. The van der Waals surface area contributed by atoms with Gasteiger partial charge in [-0.25, -0.2) is 0 Å². The average molecular weight is 228 g/mol. The third kappa shape index (κ3) is 4.49. The SMILES string of the molecule is CCC(C)NCC(=O)NC1CCC(OC)C1. The number of hydrogen-bond acceptors (Lipinski definition) is 3. The van der Waals surface area contributed by atoms with Crippen LogP contribution in [-0.2, 0) is 9.53 Å². The van der Waals surface area contributed by atoms with Gasteiger partial charge < -0.3 is 15.4 Å². The number of amides is 1. The molecule has 3 unspecified atom stereocenters. The van der Waals surface area contributed by atoms with Crippen LogP contribution in [0.5, 0.6) is 0 Å². The molecule has 0 aromatic carbocycles. The summed E-state index contributed by atoms with van der Waals surface area (Å²) in [6, 6.07) is 0.706. The highest BCUT2D eigenvalue weighted by Crippen LogP contribution is 2.21. The Kier molecular flexibility index (Phi) is 5.77. The maximum Gasteiger partial charge on any atom is 0.234 e. The van der Waals surface area contributed by atoms with Gasteiger partial charge in [0.05, 0.1) is 12.6 Å². The summed E-state index contributed by atoms with van der Waals surface area (Å²) < 4.78 is 5.27. The van der Waals surface area contributed by atoms with Gasteiger partial charge in [-0.15, -0.1) is 0 Å². The van der Waals surface area contributed by atoms with Gasteiger partial charge in [-0.05, 0) is 32.6 Å². The summed E-state index contributed by atoms with van der Waals surface area (Å²) in [5.74, 6) is 0.0991. The second-order valence-electron chi connectivity index (χ2n) is 4.63. The van der Waals surface area contributed by atoms with Crippen molar-refractivity contribution < 1.29 is 9.53 Å². The Morgan fingerprint density at radius 1 is 1.50 bits per heavy atom. The minimum Gasteiger partial charge on any atom is -0.381 e. The molecule has 1 aliphatic rings. The van der Waals surface area contributed by atoms with Crippen LogP contribution in [0.25, 0.3) is 0 Å². The number of carbonyl (C=O) groups is 1. The minimum absolute atomic E-state index is 0.0991. The summed E-state index contributed by atoms with van der Waals surface area (Å²) in [6.07, 6.45) is 4.41. The summed E-state index contributed by atoms with van der Waals surface area (Å²) in [6.45, 7) is 4.61. The molecule has 94 valence electrons. The molecule has 0 bridgehead atoms. The highest BCUT2D eigenvalue weighted by molar-refractivity contribution is 5.78. The Morgan fingerprint density at radius 2 is 2.25 bits per heavy atom. The zero-order valence-corrected chi connectivity index (χ0v) is 10.6. The maximum absolute atomic E-state index is 11.6. The van der Waals surface area contributed by atoms with Crippen molar-refractivity contribution in [3.05, 3.63) is 0 Å². The normalized spacial score (nSPS) is 26.7. The summed E-state index contributed by atoms with van der Waals surface area (Å²) in [5.41, 5.74) is 0. The molecule has 1 rings (SSSR count). The van der Waals surface area contributed by atoms with Crippen LogP contribution < -0.4 is 10.6 Å². The summed E-state index contributed by atoms with van der Waals surface area (Å²) in [5, 5.41) is 6.23. The van der Waals surface area contributed by atoms with Crippen molar-refractivity contribution in [2.45, 2.75) is 57.7 Å². The quantitative estimate of drug-likeness (QED) is 0.714. The van der Waals surface area contributed by atoms with Crippen LogP contribution in [-0.4, -0.2) is 37.7 Å². The van der Waals surface area contributed by atoms with Gasteiger partial charge >= 0.3 is 0 Å². The largest absolute Gasteiger partial charge is 0.381 e. The van der Waals surface area contributed by atoms with E-state index in [0.717, 1.165) is 25.7 Å². The molecule has 16 heavy (non-hydrogen) atoms. The van der Waals surface area contributed by atoms with E-state index in [1.807, 2.05) is 0 Å². The Morgan fingerprint density at radius 3 is 2.81 bits per heavy atom. The van der Waals surface area contributed by atoms with E-state index in [2.05, 4.69) is 24.5 Å². The Balaban J connectivity index is 2.15. The molecule has 0 aromatic rings. The van der Waals surface area contributed by atoms with Crippen LogP contribution in [0.3, 0.4) is 0 Å². The second-order valence-corrected chi connectivity index (χ2v) is 4.63. The van der Waals surface area contributed by atoms with E-state index in [1.165, 1.54) is 0 Å². The Bertz CT molecular complexity index is 221. The van der Waals surface area contributed by atoms with Gasteiger partial charge in [0.1, 0.15) is 0 Å². The van der Waals surface area contributed by atoms with Gasteiger partial charge in [-0.1, -0.05) is 6.92 Å². The lowest BCUT2D eigenvalue weighted by atomic mass is 10.2. The molecule has 0 spiro atoms. The topological polar surface area (TPSA) is 50.4 Å². The zero-order valence-electron chi connectivity index (χ0n) is 10.6. The van der Waals surface area contributed by atoms with Crippen LogP contribution in [0.15, 0.2) is 0 Å². The molecule has 0 radical (unpaired) electrons. The number of carbonyl (C=O) groups excluding carboxylic acids is 1. The summed E-state index contributed by atoms with van der Waals surface area (Å²) in [7, 11) is 1.74. The van der Waals surface area contributed by atoms with E-state index in [9.17, 15) is 4.79 Å². The number of rotatable bonds is 6. The van der Waals surface area contributed by atoms with E-state index >= 15 is 0 Å². The van der Waals surface area contributed by atoms with Crippen molar-refractivity contribution >= 4 is 5.91 Å². The highest BCUT2D eigenvalue weighted by atomic mass is 16.5. The average Bonchev–Trinajstić information content (AvgIpc) is 2.73. The lowest BCUT2D eigenvalue weighted by Crippen LogP contribution is -2.41. The molecule has 4 nitrogen and oxygen atoms in total. The standard InChI is InChI=1S/C12H24N2O2/c1-4-9(2)13-8-12(15)14-10-5-6-11(7-10)16-3/h9-11,13H,4-8H2,1-3H3,(H,14,15). The zero-order chi connectivity index (χ0) is 12.0. The molecule has 1 aliphatic carbocycles. The van der Waals surface area contributed by atoms with Gasteiger partial charge in [-0.3, -0.25) is 4.79 Å². The predicted octanol–water partition coefficient (Wildman–Crippen LogP) is 1.06. The van der Waals surface area contributed by atoms with Crippen LogP contribution in [0.4, 0.5) is 0 Å². The molecular formula is C12H24N2O2. The molecule has 1 amide bonds. The second kappa shape index (κ2) is 6.86. The van der Waals surface area contributed by atoms with Crippen molar-refractivity contribution in [1.82, 2.24) is 10.6 Å². The maximum atomic E-state index is 11.6. The van der Waals surface area contributed by atoms with Crippen LogP contribution >= 0.6 is 0 Å². The van der Waals surface area contributed by atoms with Crippen molar-refractivity contribution in [2.75, 3.05) is 13.7 Å². The third-order valence-electron chi connectivity index (χ3n) is 3.31. The fourth-order valence-corrected chi connectivity index (χ4v) is 1.98. The molecule has 0 saturated heterocycles. The predicted molar refractivity (Wildman–Crippen MR) is 64.3 cm³/mol. The molecule has 0 aromatic heterocycles. The van der Waals surface area contributed by atoms with E-state index in [1.54, 1.807) is 7.11 Å². The first-order chi connectivity index (χ1) is 7.65. The monoisotopic (exact) mass is 228 g/mol. The van der Waals surface area contributed by atoms with Crippen molar-refractivity contribution in [3.63, 3.8) is 0 Å².